The van der Waals surface area contributed by atoms with E-state index < -0.39 is 0 Å². The molecule has 0 spiro atoms. The number of benzene rings is 1. The van der Waals surface area contributed by atoms with Gasteiger partial charge in [-0.15, -0.1) is 0 Å². The minimum Gasteiger partial charge on any atom is -0.354 e. The maximum atomic E-state index is 13.6. The fraction of sp³-hybridized carbons (Fsp3) is 0.586. The van der Waals surface area contributed by atoms with Crippen LogP contribution in [0.3, 0.4) is 0 Å². The van der Waals surface area contributed by atoms with E-state index in [2.05, 4.69) is 25.7 Å². The van der Waals surface area contributed by atoms with Crippen LogP contribution < -0.4 is 4.90 Å². The van der Waals surface area contributed by atoms with Crippen molar-refractivity contribution < 1.29 is 9.18 Å². The van der Waals surface area contributed by atoms with Gasteiger partial charge in [-0.05, 0) is 50.5 Å². The van der Waals surface area contributed by atoms with Crippen LogP contribution in [-0.4, -0.2) is 56.7 Å². The Labute approximate surface area is 220 Å². The number of anilines is 1. The minimum absolute atomic E-state index is 0.207. The molecule has 0 saturated carbocycles. The topological polar surface area (TPSA) is 67.2 Å². The van der Waals surface area contributed by atoms with Gasteiger partial charge in [-0.2, -0.15) is 5.10 Å². The first-order chi connectivity index (χ1) is 17.9. The number of hydrogen-bond acceptors (Lipinski definition) is 5. The third-order valence-electron chi connectivity index (χ3n) is 7.33. The molecule has 0 unspecified atom stereocenters. The summed E-state index contributed by atoms with van der Waals surface area (Å²) in [5, 5.41) is 5.73. The molecule has 1 aromatic carbocycles. The molecular formula is C29H41FN6O. The standard InChI is InChI=1S/C29H41FN6O/c1-5-7-8-9-12-25(37)34-17-10-18-35(20-19-34)28-26-22(4)33-36(24-15-13-23(30)14-16-24)29(26)32-27(31-28)21(3)11-6-2/h13-16,21H,5-12,17-20H2,1-4H3/t21-/m0/s1. The monoisotopic (exact) mass is 508 g/mol. The number of aryl methyl sites for hydroxylation is 1. The number of hydrogen-bond donors (Lipinski definition) is 0. The van der Waals surface area contributed by atoms with Crippen LogP contribution in [-0.2, 0) is 4.79 Å². The van der Waals surface area contributed by atoms with Crippen LogP contribution in [0.25, 0.3) is 16.7 Å². The fourth-order valence-electron chi connectivity index (χ4n) is 5.19. The molecule has 0 N–H and O–H groups in total. The molecule has 1 fully saturated rings. The summed E-state index contributed by atoms with van der Waals surface area (Å²) in [7, 11) is 0. The van der Waals surface area contributed by atoms with Crippen LogP contribution >= 0.6 is 0 Å². The van der Waals surface area contributed by atoms with E-state index in [1.165, 1.54) is 25.0 Å². The second-order valence-electron chi connectivity index (χ2n) is 10.3. The molecule has 1 amide bonds. The maximum Gasteiger partial charge on any atom is 0.222 e. The summed E-state index contributed by atoms with van der Waals surface area (Å²) in [6, 6.07) is 6.36. The molecule has 0 bridgehead atoms. The molecular weight excluding hydrogens is 467 g/mol. The minimum atomic E-state index is -0.279. The molecule has 4 rings (SSSR count). The molecule has 2 aromatic heterocycles. The van der Waals surface area contributed by atoms with E-state index in [9.17, 15) is 9.18 Å². The second kappa shape index (κ2) is 12.5. The van der Waals surface area contributed by atoms with Crippen LogP contribution in [0.4, 0.5) is 10.2 Å². The molecule has 1 aliphatic heterocycles. The Morgan fingerprint density at radius 2 is 1.78 bits per heavy atom. The molecule has 1 aliphatic rings. The average Bonchev–Trinajstić information content (AvgIpc) is 3.06. The molecule has 3 aromatic rings. The molecule has 0 radical (unpaired) electrons. The van der Waals surface area contributed by atoms with Gasteiger partial charge in [0.15, 0.2) is 5.65 Å². The van der Waals surface area contributed by atoms with Crippen molar-refractivity contribution in [2.24, 2.45) is 0 Å². The quantitative estimate of drug-likeness (QED) is 0.306. The largest absolute Gasteiger partial charge is 0.354 e. The Hall–Kier alpha value is -3.03. The van der Waals surface area contributed by atoms with Crippen molar-refractivity contribution in [3.63, 3.8) is 0 Å². The van der Waals surface area contributed by atoms with Crippen molar-refractivity contribution in [2.75, 3.05) is 31.1 Å². The lowest BCUT2D eigenvalue weighted by molar-refractivity contribution is -0.131. The second-order valence-corrected chi connectivity index (χ2v) is 10.3. The molecule has 1 saturated heterocycles. The van der Waals surface area contributed by atoms with Crippen molar-refractivity contribution in [1.29, 1.82) is 0 Å². The highest BCUT2D eigenvalue weighted by atomic mass is 19.1. The number of carbonyl (C=O) groups excluding carboxylic acids is 1. The van der Waals surface area contributed by atoms with Crippen LogP contribution in [0.5, 0.6) is 0 Å². The third kappa shape index (κ3) is 6.28. The lowest BCUT2D eigenvalue weighted by Gasteiger charge is -2.24. The van der Waals surface area contributed by atoms with Crippen LogP contribution in [0.15, 0.2) is 24.3 Å². The Kier molecular flexibility index (Phi) is 9.11. The third-order valence-corrected chi connectivity index (χ3v) is 7.33. The average molecular weight is 509 g/mol. The van der Waals surface area contributed by atoms with E-state index in [-0.39, 0.29) is 17.6 Å². The number of fused-ring (bicyclic) bond motifs is 1. The first kappa shape index (κ1) is 27.0. The molecule has 3 heterocycles. The Balaban J connectivity index is 1.66. The van der Waals surface area contributed by atoms with Gasteiger partial charge in [-0.3, -0.25) is 4.79 Å². The zero-order chi connectivity index (χ0) is 26.4. The Bertz CT molecular complexity index is 1190. The first-order valence-corrected chi connectivity index (χ1v) is 14.0. The summed E-state index contributed by atoms with van der Waals surface area (Å²) >= 11 is 0. The predicted molar refractivity (Wildman–Crippen MR) is 147 cm³/mol. The van der Waals surface area contributed by atoms with E-state index in [1.54, 1.807) is 16.8 Å². The number of nitrogens with zero attached hydrogens (tertiary/aromatic N) is 6. The number of rotatable bonds is 10. The molecule has 1 atom stereocenters. The van der Waals surface area contributed by atoms with Gasteiger partial charge in [0.05, 0.1) is 16.8 Å². The zero-order valence-electron chi connectivity index (χ0n) is 22.8. The number of amides is 1. The van der Waals surface area contributed by atoms with Gasteiger partial charge in [-0.1, -0.05) is 46.5 Å². The van der Waals surface area contributed by atoms with Gasteiger partial charge < -0.3 is 9.80 Å². The van der Waals surface area contributed by atoms with Crippen molar-refractivity contribution in [2.45, 2.75) is 85.0 Å². The lowest BCUT2D eigenvalue weighted by Crippen LogP contribution is -2.35. The summed E-state index contributed by atoms with van der Waals surface area (Å²) in [5.41, 5.74) is 2.37. The van der Waals surface area contributed by atoms with Crippen molar-refractivity contribution in [3.05, 3.63) is 41.6 Å². The number of halogens is 1. The molecule has 37 heavy (non-hydrogen) atoms. The first-order valence-electron chi connectivity index (χ1n) is 14.0. The SMILES string of the molecule is CCCCCCC(=O)N1CCCN(c2nc([C@@H](C)CCC)nc3c2c(C)nn3-c2ccc(F)cc2)CC1. The van der Waals surface area contributed by atoms with Crippen molar-refractivity contribution in [3.8, 4) is 5.69 Å². The fourth-order valence-corrected chi connectivity index (χ4v) is 5.19. The summed E-state index contributed by atoms with van der Waals surface area (Å²) in [5.74, 6) is 1.90. The number of carbonyl (C=O) groups is 1. The highest BCUT2D eigenvalue weighted by Gasteiger charge is 2.26. The van der Waals surface area contributed by atoms with E-state index in [1.807, 2.05) is 11.8 Å². The summed E-state index contributed by atoms with van der Waals surface area (Å²) < 4.78 is 15.4. The normalized spacial score (nSPS) is 15.3. The van der Waals surface area contributed by atoms with Gasteiger partial charge >= 0.3 is 0 Å². The van der Waals surface area contributed by atoms with E-state index in [0.717, 1.165) is 85.8 Å². The van der Waals surface area contributed by atoms with Gasteiger partial charge in [-0.25, -0.2) is 19.0 Å². The van der Waals surface area contributed by atoms with Crippen LogP contribution in [0, 0.1) is 12.7 Å². The van der Waals surface area contributed by atoms with E-state index in [0.29, 0.717) is 13.0 Å². The molecule has 0 aliphatic carbocycles. The van der Waals surface area contributed by atoms with Crippen molar-refractivity contribution >= 4 is 22.8 Å². The van der Waals surface area contributed by atoms with Gasteiger partial charge in [0.25, 0.3) is 0 Å². The highest BCUT2D eigenvalue weighted by molar-refractivity contribution is 5.91. The Morgan fingerprint density at radius 1 is 1.00 bits per heavy atom. The summed E-state index contributed by atoms with van der Waals surface area (Å²) in [6.45, 7) is 11.5. The summed E-state index contributed by atoms with van der Waals surface area (Å²) in [4.78, 5) is 27.3. The maximum absolute atomic E-state index is 13.6. The van der Waals surface area contributed by atoms with Crippen molar-refractivity contribution in [1.82, 2.24) is 24.6 Å². The van der Waals surface area contributed by atoms with E-state index in [4.69, 9.17) is 15.1 Å². The summed E-state index contributed by atoms with van der Waals surface area (Å²) in [6.07, 6.45) is 8.04. The number of unbranched alkanes of at least 4 members (excludes halogenated alkanes) is 3. The van der Waals surface area contributed by atoms with Gasteiger partial charge in [0.2, 0.25) is 5.91 Å². The van der Waals surface area contributed by atoms with Gasteiger partial charge in [0.1, 0.15) is 17.5 Å². The smallest absolute Gasteiger partial charge is 0.222 e. The van der Waals surface area contributed by atoms with Crippen LogP contribution in [0.2, 0.25) is 0 Å². The molecule has 200 valence electrons. The van der Waals surface area contributed by atoms with Crippen LogP contribution in [0.1, 0.15) is 89.6 Å². The molecule has 8 heteroatoms. The molecule has 7 nitrogen and oxygen atoms in total. The Morgan fingerprint density at radius 3 is 2.51 bits per heavy atom. The van der Waals surface area contributed by atoms with Gasteiger partial charge in [0, 0.05) is 38.5 Å². The highest BCUT2D eigenvalue weighted by Crippen LogP contribution is 2.32. The predicted octanol–water partition coefficient (Wildman–Crippen LogP) is 6.18. The van der Waals surface area contributed by atoms with E-state index >= 15 is 0 Å². The lowest BCUT2D eigenvalue weighted by atomic mass is 10.1. The zero-order valence-corrected chi connectivity index (χ0v) is 22.8. The number of aromatic nitrogens is 4.